The first-order chi connectivity index (χ1) is 8.75. The molecule has 1 aliphatic heterocycles. The number of ether oxygens (including phenoxy) is 2. The van der Waals surface area contributed by atoms with E-state index >= 15 is 0 Å². The number of rotatable bonds is 6. The molecule has 1 fully saturated rings. The first kappa shape index (κ1) is 14.1. The summed E-state index contributed by atoms with van der Waals surface area (Å²) in [5.74, 6) is 1.37. The van der Waals surface area contributed by atoms with Gasteiger partial charge in [-0.15, -0.1) is 0 Å². The van der Waals surface area contributed by atoms with Crippen LogP contribution < -0.4 is 10.1 Å². The molecule has 1 unspecified atom stereocenters. The minimum atomic E-state index is 0.615. The maximum absolute atomic E-state index is 6.03. The molecule has 5 heteroatoms. The summed E-state index contributed by atoms with van der Waals surface area (Å²) in [6.45, 7) is 4.21. The molecule has 2 rings (SSSR count). The third kappa shape index (κ3) is 4.43. The maximum Gasteiger partial charge on any atom is 0.139 e. The normalized spacial score (nSPS) is 19.1. The van der Waals surface area contributed by atoms with Gasteiger partial charge in [0.15, 0.2) is 0 Å². The van der Waals surface area contributed by atoms with Gasteiger partial charge < -0.3 is 14.8 Å². The minimum absolute atomic E-state index is 0.615. The standard InChI is InChI=1S/C13H17BrClNO2/c14-11-1-2-12(15)13(7-11)18-6-4-16-8-10-3-5-17-9-10/h1-2,7,10,16H,3-6,8-9H2. The zero-order chi connectivity index (χ0) is 12.8. The van der Waals surface area contributed by atoms with Gasteiger partial charge in [0.05, 0.1) is 11.6 Å². The second-order valence-electron chi connectivity index (χ2n) is 4.36. The Morgan fingerprint density at radius 1 is 1.50 bits per heavy atom. The van der Waals surface area contributed by atoms with Crippen LogP contribution in [-0.4, -0.2) is 32.9 Å². The fourth-order valence-corrected chi connectivity index (χ4v) is 2.38. The van der Waals surface area contributed by atoms with Crippen molar-refractivity contribution in [1.82, 2.24) is 5.32 Å². The lowest BCUT2D eigenvalue weighted by atomic mass is 10.1. The lowest BCUT2D eigenvalue weighted by Gasteiger charge is -2.11. The zero-order valence-corrected chi connectivity index (χ0v) is 12.5. The largest absolute Gasteiger partial charge is 0.491 e. The van der Waals surface area contributed by atoms with Gasteiger partial charge in [-0.05, 0) is 30.5 Å². The van der Waals surface area contributed by atoms with E-state index in [9.17, 15) is 0 Å². The zero-order valence-electron chi connectivity index (χ0n) is 10.1. The van der Waals surface area contributed by atoms with E-state index in [2.05, 4.69) is 21.2 Å². The third-order valence-electron chi connectivity index (χ3n) is 2.89. The summed E-state index contributed by atoms with van der Waals surface area (Å²) >= 11 is 9.43. The second-order valence-corrected chi connectivity index (χ2v) is 5.68. The Morgan fingerprint density at radius 3 is 3.17 bits per heavy atom. The number of halogens is 2. The summed E-state index contributed by atoms with van der Waals surface area (Å²) in [6, 6.07) is 5.60. The van der Waals surface area contributed by atoms with Crippen molar-refractivity contribution in [1.29, 1.82) is 0 Å². The number of nitrogens with one attached hydrogen (secondary N) is 1. The predicted molar refractivity (Wildman–Crippen MR) is 76.4 cm³/mol. The van der Waals surface area contributed by atoms with Crippen molar-refractivity contribution >= 4 is 27.5 Å². The average molecular weight is 335 g/mol. The fraction of sp³-hybridized carbons (Fsp3) is 0.538. The third-order valence-corrected chi connectivity index (χ3v) is 3.69. The van der Waals surface area contributed by atoms with Gasteiger partial charge in [-0.2, -0.15) is 0 Å². The van der Waals surface area contributed by atoms with E-state index in [1.54, 1.807) is 0 Å². The Kier molecular flexibility index (Phi) is 5.76. The highest BCUT2D eigenvalue weighted by molar-refractivity contribution is 9.10. The molecular formula is C13H17BrClNO2. The molecule has 1 N–H and O–H groups in total. The van der Waals surface area contributed by atoms with Gasteiger partial charge in [-0.1, -0.05) is 27.5 Å². The molecule has 0 bridgehead atoms. The molecule has 3 nitrogen and oxygen atoms in total. The Hall–Kier alpha value is -0.290. The van der Waals surface area contributed by atoms with E-state index in [-0.39, 0.29) is 0 Å². The van der Waals surface area contributed by atoms with Gasteiger partial charge >= 0.3 is 0 Å². The molecule has 0 aliphatic carbocycles. The first-order valence-corrected chi connectivity index (χ1v) is 7.29. The summed E-state index contributed by atoms with van der Waals surface area (Å²) in [7, 11) is 0. The van der Waals surface area contributed by atoms with Crippen LogP contribution in [0.3, 0.4) is 0 Å². The SMILES string of the molecule is Clc1ccc(Br)cc1OCCNCC1CCOC1. The summed E-state index contributed by atoms with van der Waals surface area (Å²) in [6.07, 6.45) is 1.16. The van der Waals surface area contributed by atoms with Crippen molar-refractivity contribution in [3.05, 3.63) is 27.7 Å². The van der Waals surface area contributed by atoms with Crippen LogP contribution in [0, 0.1) is 5.92 Å². The van der Waals surface area contributed by atoms with Gasteiger partial charge in [-0.3, -0.25) is 0 Å². The van der Waals surface area contributed by atoms with E-state index in [4.69, 9.17) is 21.1 Å². The van der Waals surface area contributed by atoms with Crippen LogP contribution in [0.1, 0.15) is 6.42 Å². The fourth-order valence-electron chi connectivity index (χ4n) is 1.87. The van der Waals surface area contributed by atoms with Crippen LogP contribution in [0.2, 0.25) is 5.02 Å². The molecule has 0 amide bonds. The Bertz CT molecular complexity index is 383. The Labute approximate surface area is 121 Å². The van der Waals surface area contributed by atoms with Crippen molar-refractivity contribution in [2.75, 3.05) is 32.9 Å². The lowest BCUT2D eigenvalue weighted by molar-refractivity contribution is 0.185. The van der Waals surface area contributed by atoms with Crippen LogP contribution in [0.15, 0.2) is 22.7 Å². The first-order valence-electron chi connectivity index (χ1n) is 6.12. The average Bonchev–Trinajstić information content (AvgIpc) is 2.86. The second kappa shape index (κ2) is 7.34. The minimum Gasteiger partial charge on any atom is -0.491 e. The van der Waals surface area contributed by atoms with Crippen LogP contribution in [0.25, 0.3) is 0 Å². The Morgan fingerprint density at radius 2 is 2.39 bits per heavy atom. The van der Waals surface area contributed by atoms with Crippen molar-refractivity contribution < 1.29 is 9.47 Å². The molecule has 1 heterocycles. The quantitative estimate of drug-likeness (QED) is 0.811. The highest BCUT2D eigenvalue weighted by atomic mass is 79.9. The molecule has 18 heavy (non-hydrogen) atoms. The summed E-state index contributed by atoms with van der Waals surface area (Å²) in [5.41, 5.74) is 0. The maximum atomic E-state index is 6.03. The number of hydrogen-bond donors (Lipinski definition) is 1. The van der Waals surface area contributed by atoms with Gasteiger partial charge in [0, 0.05) is 24.2 Å². The molecule has 1 aromatic rings. The number of hydrogen-bond acceptors (Lipinski definition) is 3. The summed E-state index contributed by atoms with van der Waals surface area (Å²) in [4.78, 5) is 0. The van der Waals surface area contributed by atoms with E-state index in [0.717, 1.165) is 42.9 Å². The molecule has 100 valence electrons. The molecule has 1 atom stereocenters. The Balaban J connectivity index is 1.64. The monoisotopic (exact) mass is 333 g/mol. The molecule has 0 aromatic heterocycles. The molecule has 0 radical (unpaired) electrons. The topological polar surface area (TPSA) is 30.5 Å². The van der Waals surface area contributed by atoms with Crippen molar-refractivity contribution in [2.24, 2.45) is 5.92 Å². The van der Waals surface area contributed by atoms with Gasteiger partial charge in [-0.25, -0.2) is 0 Å². The molecular weight excluding hydrogens is 318 g/mol. The van der Waals surface area contributed by atoms with Crippen LogP contribution in [0.4, 0.5) is 0 Å². The molecule has 1 aromatic carbocycles. The van der Waals surface area contributed by atoms with E-state index in [1.165, 1.54) is 0 Å². The highest BCUT2D eigenvalue weighted by Crippen LogP contribution is 2.27. The molecule has 0 spiro atoms. The van der Waals surface area contributed by atoms with Crippen molar-refractivity contribution in [3.8, 4) is 5.75 Å². The van der Waals surface area contributed by atoms with E-state index in [1.807, 2.05) is 18.2 Å². The van der Waals surface area contributed by atoms with Gasteiger partial charge in [0.25, 0.3) is 0 Å². The van der Waals surface area contributed by atoms with Gasteiger partial charge in [0.1, 0.15) is 12.4 Å². The number of benzene rings is 1. The van der Waals surface area contributed by atoms with Crippen LogP contribution in [-0.2, 0) is 4.74 Å². The van der Waals surface area contributed by atoms with Gasteiger partial charge in [0.2, 0.25) is 0 Å². The summed E-state index contributed by atoms with van der Waals surface area (Å²) in [5, 5.41) is 4.01. The van der Waals surface area contributed by atoms with Crippen LogP contribution in [0.5, 0.6) is 5.75 Å². The summed E-state index contributed by atoms with van der Waals surface area (Å²) < 4.78 is 11.9. The molecule has 1 saturated heterocycles. The van der Waals surface area contributed by atoms with E-state index < -0.39 is 0 Å². The van der Waals surface area contributed by atoms with Crippen molar-refractivity contribution in [3.63, 3.8) is 0 Å². The lowest BCUT2D eigenvalue weighted by Crippen LogP contribution is -2.27. The molecule has 1 aliphatic rings. The van der Waals surface area contributed by atoms with E-state index in [0.29, 0.717) is 17.5 Å². The van der Waals surface area contributed by atoms with Crippen molar-refractivity contribution in [2.45, 2.75) is 6.42 Å². The molecule has 0 saturated carbocycles. The highest BCUT2D eigenvalue weighted by Gasteiger charge is 2.14. The smallest absolute Gasteiger partial charge is 0.139 e. The van der Waals surface area contributed by atoms with Crippen LogP contribution >= 0.6 is 27.5 Å². The predicted octanol–water partition coefficient (Wildman–Crippen LogP) is 3.11.